The minimum atomic E-state index is -3.09. The van der Waals surface area contributed by atoms with Crippen LogP contribution < -0.4 is 0 Å². The van der Waals surface area contributed by atoms with Crippen molar-refractivity contribution in [3.63, 3.8) is 0 Å². The maximum Gasteiger partial charge on any atom is 0.213 e. The largest absolute Gasteiger partial charge is 0.375 e. The van der Waals surface area contributed by atoms with Gasteiger partial charge < -0.3 is 9.47 Å². The van der Waals surface area contributed by atoms with Crippen LogP contribution >= 0.6 is 0 Å². The van der Waals surface area contributed by atoms with Crippen LogP contribution in [0.1, 0.15) is 38.3 Å². The maximum atomic E-state index is 12.0. The van der Waals surface area contributed by atoms with Gasteiger partial charge in [0.1, 0.15) is 0 Å². The van der Waals surface area contributed by atoms with Gasteiger partial charge in [-0.1, -0.05) is 6.07 Å². The Bertz CT molecular complexity index is 642. The molecule has 7 heteroatoms. The quantitative estimate of drug-likeness (QED) is 0.690. The van der Waals surface area contributed by atoms with Crippen LogP contribution in [-0.4, -0.2) is 55.4 Å². The molecule has 2 saturated heterocycles. The number of sulfonamides is 1. The summed E-state index contributed by atoms with van der Waals surface area (Å²) in [5.74, 6) is 0.619. The van der Waals surface area contributed by atoms with Gasteiger partial charge in [-0.3, -0.25) is 4.98 Å². The van der Waals surface area contributed by atoms with Crippen molar-refractivity contribution in [3.05, 3.63) is 30.1 Å². The van der Waals surface area contributed by atoms with Crippen LogP contribution in [0.4, 0.5) is 0 Å². The molecule has 3 rings (SSSR count). The zero-order valence-corrected chi connectivity index (χ0v) is 15.7. The first kappa shape index (κ1) is 18.8. The molecule has 1 atom stereocenters. The molecule has 0 amide bonds. The minimum absolute atomic E-state index is 0.159. The molecule has 6 nitrogen and oxygen atoms in total. The molecule has 0 bridgehead atoms. The van der Waals surface area contributed by atoms with Gasteiger partial charge in [-0.05, 0) is 50.7 Å². The van der Waals surface area contributed by atoms with Gasteiger partial charge in [0.2, 0.25) is 10.0 Å². The lowest BCUT2D eigenvalue weighted by Gasteiger charge is -2.41. The highest BCUT2D eigenvalue weighted by atomic mass is 32.2. The molecule has 2 aliphatic heterocycles. The zero-order valence-electron chi connectivity index (χ0n) is 14.9. The molecule has 1 unspecified atom stereocenters. The van der Waals surface area contributed by atoms with Crippen LogP contribution in [0.5, 0.6) is 0 Å². The SMILES string of the molecule is CCS(=O)(=O)N1CCC2(CC1)OCCC2CCOCc1ccccn1. The Morgan fingerprint density at radius 1 is 1.36 bits per heavy atom. The number of piperidine rings is 1. The highest BCUT2D eigenvalue weighted by Crippen LogP contribution is 2.42. The lowest BCUT2D eigenvalue weighted by Crippen LogP contribution is -2.49. The topological polar surface area (TPSA) is 68.7 Å². The van der Waals surface area contributed by atoms with E-state index in [4.69, 9.17) is 9.47 Å². The second kappa shape index (κ2) is 8.12. The Morgan fingerprint density at radius 2 is 2.16 bits per heavy atom. The average Bonchev–Trinajstić information content (AvgIpc) is 3.02. The third-order valence-electron chi connectivity index (χ3n) is 5.51. The number of aromatic nitrogens is 1. The first-order chi connectivity index (χ1) is 12.1. The van der Waals surface area contributed by atoms with E-state index in [-0.39, 0.29) is 11.4 Å². The van der Waals surface area contributed by atoms with Gasteiger partial charge in [-0.25, -0.2) is 12.7 Å². The van der Waals surface area contributed by atoms with Crippen LogP contribution in [0.25, 0.3) is 0 Å². The van der Waals surface area contributed by atoms with E-state index in [2.05, 4.69) is 4.98 Å². The molecule has 0 aromatic carbocycles. The summed E-state index contributed by atoms with van der Waals surface area (Å²) in [4.78, 5) is 4.26. The van der Waals surface area contributed by atoms with Crippen molar-refractivity contribution in [1.82, 2.24) is 9.29 Å². The molecule has 2 fully saturated rings. The van der Waals surface area contributed by atoms with Gasteiger partial charge >= 0.3 is 0 Å². The van der Waals surface area contributed by atoms with Crippen molar-refractivity contribution in [2.45, 2.75) is 44.8 Å². The van der Waals surface area contributed by atoms with Crippen molar-refractivity contribution >= 4 is 10.0 Å². The predicted molar refractivity (Wildman–Crippen MR) is 95.6 cm³/mol. The predicted octanol–water partition coefficient (Wildman–Crippen LogP) is 2.21. The molecule has 3 heterocycles. The van der Waals surface area contributed by atoms with E-state index >= 15 is 0 Å². The molecule has 0 N–H and O–H groups in total. The number of pyridine rings is 1. The summed E-state index contributed by atoms with van der Waals surface area (Å²) < 4.78 is 37.6. The number of hydrogen-bond acceptors (Lipinski definition) is 5. The Kier molecular flexibility index (Phi) is 6.09. The van der Waals surface area contributed by atoms with E-state index in [0.29, 0.717) is 32.2 Å². The van der Waals surface area contributed by atoms with Gasteiger partial charge in [0.15, 0.2) is 0 Å². The molecule has 0 radical (unpaired) electrons. The van der Waals surface area contributed by atoms with Gasteiger partial charge in [0.25, 0.3) is 0 Å². The molecule has 1 aromatic rings. The first-order valence-electron chi connectivity index (χ1n) is 9.15. The fourth-order valence-electron chi connectivity index (χ4n) is 3.96. The zero-order chi connectivity index (χ0) is 17.8. The van der Waals surface area contributed by atoms with Crippen LogP contribution in [0.15, 0.2) is 24.4 Å². The molecule has 1 spiro atoms. The second-order valence-corrected chi connectivity index (χ2v) is 9.12. The molecule has 140 valence electrons. The van der Waals surface area contributed by atoms with E-state index in [9.17, 15) is 8.42 Å². The lowest BCUT2D eigenvalue weighted by molar-refractivity contribution is -0.0618. The fourth-order valence-corrected chi connectivity index (χ4v) is 5.06. The molecule has 2 aliphatic rings. The number of hydrogen-bond donors (Lipinski definition) is 0. The van der Waals surface area contributed by atoms with E-state index in [0.717, 1.165) is 38.0 Å². The summed E-state index contributed by atoms with van der Waals surface area (Å²) in [6.45, 7) is 4.83. The lowest BCUT2D eigenvalue weighted by atomic mass is 9.78. The molecule has 25 heavy (non-hydrogen) atoms. The van der Waals surface area contributed by atoms with Crippen molar-refractivity contribution in [1.29, 1.82) is 0 Å². The fraction of sp³-hybridized carbons (Fsp3) is 0.722. The van der Waals surface area contributed by atoms with Gasteiger partial charge in [-0.2, -0.15) is 0 Å². The van der Waals surface area contributed by atoms with Crippen molar-refractivity contribution in [3.8, 4) is 0 Å². The molecule has 0 aliphatic carbocycles. The summed E-state index contributed by atoms with van der Waals surface area (Å²) >= 11 is 0. The van der Waals surface area contributed by atoms with Crippen LogP contribution in [0.2, 0.25) is 0 Å². The van der Waals surface area contributed by atoms with Crippen molar-refractivity contribution in [2.24, 2.45) is 5.92 Å². The molecule has 1 aromatic heterocycles. The van der Waals surface area contributed by atoms with E-state index in [1.165, 1.54) is 0 Å². The van der Waals surface area contributed by atoms with Crippen molar-refractivity contribution in [2.75, 3.05) is 32.1 Å². The third-order valence-corrected chi connectivity index (χ3v) is 7.40. The third kappa shape index (κ3) is 4.39. The second-order valence-electron chi connectivity index (χ2n) is 6.86. The van der Waals surface area contributed by atoms with Crippen LogP contribution in [0, 0.1) is 5.92 Å². The van der Waals surface area contributed by atoms with Gasteiger partial charge in [0.05, 0.1) is 23.7 Å². The Morgan fingerprint density at radius 3 is 2.84 bits per heavy atom. The molecular formula is C18H28N2O4S. The minimum Gasteiger partial charge on any atom is -0.375 e. The highest BCUT2D eigenvalue weighted by Gasteiger charge is 2.47. The number of nitrogens with zero attached hydrogens (tertiary/aromatic N) is 2. The average molecular weight is 368 g/mol. The number of rotatable bonds is 7. The monoisotopic (exact) mass is 368 g/mol. The van der Waals surface area contributed by atoms with E-state index in [1.54, 1.807) is 17.4 Å². The Hall–Kier alpha value is -1.02. The normalized spacial score (nSPS) is 24.0. The summed E-state index contributed by atoms with van der Waals surface area (Å²) in [6, 6.07) is 5.82. The van der Waals surface area contributed by atoms with E-state index < -0.39 is 10.0 Å². The van der Waals surface area contributed by atoms with Gasteiger partial charge in [-0.15, -0.1) is 0 Å². The number of ether oxygens (including phenoxy) is 2. The first-order valence-corrected chi connectivity index (χ1v) is 10.8. The van der Waals surface area contributed by atoms with E-state index in [1.807, 2.05) is 18.2 Å². The Balaban J connectivity index is 1.48. The standard InChI is InChI=1S/C18H28N2O4S/c1-2-25(21,22)20-11-8-18(9-12-20)16(7-14-24-18)6-13-23-15-17-5-3-4-10-19-17/h3-5,10,16H,2,6-9,11-15H2,1H3. The Labute approximate surface area is 150 Å². The highest BCUT2D eigenvalue weighted by molar-refractivity contribution is 7.89. The van der Waals surface area contributed by atoms with Crippen molar-refractivity contribution < 1.29 is 17.9 Å². The maximum absolute atomic E-state index is 12.0. The summed E-state index contributed by atoms with van der Waals surface area (Å²) in [5.41, 5.74) is 0.784. The summed E-state index contributed by atoms with van der Waals surface area (Å²) in [7, 11) is -3.09. The molecular weight excluding hydrogens is 340 g/mol. The van der Waals surface area contributed by atoms with Gasteiger partial charge in [0, 0.05) is 32.5 Å². The smallest absolute Gasteiger partial charge is 0.213 e. The molecule has 0 saturated carbocycles. The summed E-state index contributed by atoms with van der Waals surface area (Å²) in [6.07, 6.45) is 5.34. The van der Waals surface area contributed by atoms with Crippen LogP contribution in [-0.2, 0) is 26.1 Å². The summed E-state index contributed by atoms with van der Waals surface area (Å²) in [5, 5.41) is 0. The van der Waals surface area contributed by atoms with Crippen LogP contribution in [0.3, 0.4) is 0 Å².